The third-order valence-corrected chi connectivity index (χ3v) is 4.92. The molecule has 1 heterocycles. The number of hydrogen-bond donors (Lipinski definition) is 1. The molecule has 0 bridgehead atoms. The molecule has 104 valence electrons. The molecule has 3 nitrogen and oxygen atoms in total. The van der Waals surface area contributed by atoms with E-state index in [0.29, 0.717) is 23.9 Å². The molecule has 1 aliphatic carbocycles. The topological polar surface area (TPSA) is 46.3 Å². The van der Waals surface area contributed by atoms with Gasteiger partial charge >= 0.3 is 0 Å². The number of likely N-dealkylation sites (tertiary alicyclic amines) is 1. The van der Waals surface area contributed by atoms with Crippen LogP contribution in [0.5, 0.6) is 0 Å². The van der Waals surface area contributed by atoms with Crippen molar-refractivity contribution in [3.63, 3.8) is 0 Å². The molecule has 1 aliphatic heterocycles. The van der Waals surface area contributed by atoms with Crippen molar-refractivity contribution in [2.24, 2.45) is 17.6 Å². The van der Waals surface area contributed by atoms with Crippen molar-refractivity contribution < 1.29 is 4.79 Å². The highest BCUT2D eigenvalue weighted by molar-refractivity contribution is 5.79. The zero-order valence-corrected chi connectivity index (χ0v) is 11.9. The lowest BCUT2D eigenvalue weighted by atomic mass is 9.78. The molecule has 0 radical (unpaired) electrons. The summed E-state index contributed by atoms with van der Waals surface area (Å²) >= 11 is 0. The second kappa shape index (κ2) is 6.05. The fraction of sp³-hybridized carbons (Fsp3) is 0.933. The summed E-state index contributed by atoms with van der Waals surface area (Å²) in [5.74, 6) is 1.14. The minimum absolute atomic E-state index is 0.236. The van der Waals surface area contributed by atoms with E-state index in [1.165, 1.54) is 25.7 Å². The Balaban J connectivity index is 1.97. The van der Waals surface area contributed by atoms with Gasteiger partial charge in [-0.3, -0.25) is 4.79 Å². The van der Waals surface area contributed by atoms with E-state index in [4.69, 9.17) is 5.73 Å². The molecule has 0 aromatic carbocycles. The predicted octanol–water partition coefficient (Wildman–Crippen LogP) is 2.54. The van der Waals surface area contributed by atoms with E-state index in [9.17, 15) is 4.79 Å². The van der Waals surface area contributed by atoms with Gasteiger partial charge in [0.1, 0.15) is 0 Å². The van der Waals surface area contributed by atoms with Crippen LogP contribution in [0.4, 0.5) is 0 Å². The Morgan fingerprint density at radius 3 is 2.61 bits per heavy atom. The average molecular weight is 252 g/mol. The summed E-state index contributed by atoms with van der Waals surface area (Å²) in [6.07, 6.45) is 7.90. The number of carbonyl (C=O) groups excluding carboxylic acids is 1. The maximum Gasteiger partial charge on any atom is 0.225 e. The summed E-state index contributed by atoms with van der Waals surface area (Å²) in [7, 11) is 0. The minimum Gasteiger partial charge on any atom is -0.340 e. The van der Waals surface area contributed by atoms with Gasteiger partial charge in [0.25, 0.3) is 0 Å². The molecule has 18 heavy (non-hydrogen) atoms. The van der Waals surface area contributed by atoms with E-state index in [-0.39, 0.29) is 5.92 Å². The van der Waals surface area contributed by atoms with Gasteiger partial charge in [-0.05, 0) is 44.9 Å². The molecule has 2 rings (SSSR count). The van der Waals surface area contributed by atoms with Gasteiger partial charge in [-0.15, -0.1) is 0 Å². The monoisotopic (exact) mass is 252 g/mol. The number of rotatable bonds is 1. The van der Waals surface area contributed by atoms with Gasteiger partial charge in [-0.25, -0.2) is 0 Å². The number of nitrogens with two attached hydrogens (primary N) is 1. The van der Waals surface area contributed by atoms with Crippen LogP contribution in [-0.4, -0.2) is 29.4 Å². The van der Waals surface area contributed by atoms with E-state index in [1.54, 1.807) is 0 Å². The maximum absolute atomic E-state index is 12.7. The average Bonchev–Trinajstić information content (AvgIpc) is 2.56. The van der Waals surface area contributed by atoms with Crippen molar-refractivity contribution in [3.8, 4) is 0 Å². The van der Waals surface area contributed by atoms with Crippen molar-refractivity contribution in [3.05, 3.63) is 0 Å². The fourth-order valence-corrected chi connectivity index (χ4v) is 3.48. The van der Waals surface area contributed by atoms with Gasteiger partial charge in [-0.2, -0.15) is 0 Å². The van der Waals surface area contributed by atoms with Crippen LogP contribution in [-0.2, 0) is 4.79 Å². The van der Waals surface area contributed by atoms with Crippen molar-refractivity contribution in [2.45, 2.75) is 70.9 Å². The van der Waals surface area contributed by atoms with Crippen molar-refractivity contribution in [2.75, 3.05) is 6.54 Å². The molecule has 0 aromatic rings. The third-order valence-electron chi connectivity index (χ3n) is 4.92. The van der Waals surface area contributed by atoms with E-state index < -0.39 is 0 Å². The third kappa shape index (κ3) is 3.05. The Morgan fingerprint density at radius 2 is 1.89 bits per heavy atom. The number of hydrogen-bond acceptors (Lipinski definition) is 2. The largest absolute Gasteiger partial charge is 0.340 e. The van der Waals surface area contributed by atoms with Crippen LogP contribution in [0.25, 0.3) is 0 Å². The summed E-state index contributed by atoms with van der Waals surface area (Å²) < 4.78 is 0. The summed E-state index contributed by atoms with van der Waals surface area (Å²) in [4.78, 5) is 14.8. The Labute approximate surface area is 111 Å². The molecule has 2 aliphatic rings. The van der Waals surface area contributed by atoms with Crippen LogP contribution in [0.3, 0.4) is 0 Å². The van der Waals surface area contributed by atoms with E-state index in [1.807, 2.05) is 0 Å². The number of amides is 1. The fourth-order valence-electron chi connectivity index (χ4n) is 3.48. The van der Waals surface area contributed by atoms with Crippen molar-refractivity contribution in [1.29, 1.82) is 0 Å². The number of nitrogens with zero attached hydrogens (tertiary/aromatic N) is 1. The van der Waals surface area contributed by atoms with E-state index >= 15 is 0 Å². The second-order valence-corrected chi connectivity index (χ2v) is 6.38. The first kappa shape index (κ1) is 13.9. The van der Waals surface area contributed by atoms with Gasteiger partial charge in [0.2, 0.25) is 5.91 Å². The molecule has 2 N–H and O–H groups in total. The highest BCUT2D eigenvalue weighted by Crippen LogP contribution is 2.31. The molecule has 3 heteroatoms. The lowest BCUT2D eigenvalue weighted by molar-refractivity contribution is -0.139. The molecule has 4 atom stereocenters. The lowest BCUT2D eigenvalue weighted by Crippen LogP contribution is -2.45. The summed E-state index contributed by atoms with van der Waals surface area (Å²) in [5, 5.41) is 0. The quantitative estimate of drug-likeness (QED) is 0.779. The normalized spacial score (nSPS) is 38.3. The molecule has 0 spiro atoms. The summed E-state index contributed by atoms with van der Waals surface area (Å²) in [5.41, 5.74) is 6.05. The van der Waals surface area contributed by atoms with Gasteiger partial charge in [0.15, 0.2) is 0 Å². The first-order valence-electron chi connectivity index (χ1n) is 7.65. The van der Waals surface area contributed by atoms with Crippen LogP contribution in [0.15, 0.2) is 0 Å². The smallest absolute Gasteiger partial charge is 0.225 e. The van der Waals surface area contributed by atoms with Gasteiger partial charge in [-0.1, -0.05) is 19.8 Å². The Morgan fingerprint density at radius 1 is 1.11 bits per heavy atom. The zero-order valence-electron chi connectivity index (χ0n) is 11.9. The van der Waals surface area contributed by atoms with E-state index in [0.717, 1.165) is 25.8 Å². The zero-order chi connectivity index (χ0) is 13.1. The molecule has 1 saturated carbocycles. The highest BCUT2D eigenvalue weighted by atomic mass is 16.2. The van der Waals surface area contributed by atoms with Gasteiger partial charge in [0.05, 0.1) is 0 Å². The Bertz CT molecular complexity index is 292. The van der Waals surface area contributed by atoms with E-state index in [2.05, 4.69) is 18.7 Å². The minimum atomic E-state index is 0.236. The first-order chi connectivity index (χ1) is 8.59. The summed E-state index contributed by atoms with van der Waals surface area (Å²) in [6.45, 7) is 5.37. The standard InChI is InChI=1S/C15H28N2O/c1-11-10-13(7-8-14(11)16)15(18)17-9-5-3-4-6-12(17)2/h11-14H,3-10,16H2,1-2H3. The second-order valence-electron chi connectivity index (χ2n) is 6.38. The molecular formula is C15H28N2O. The van der Waals surface area contributed by atoms with Crippen LogP contribution >= 0.6 is 0 Å². The highest BCUT2D eigenvalue weighted by Gasteiger charge is 2.33. The number of carbonyl (C=O) groups is 1. The van der Waals surface area contributed by atoms with Gasteiger partial charge < -0.3 is 10.6 Å². The van der Waals surface area contributed by atoms with Crippen LogP contribution < -0.4 is 5.73 Å². The van der Waals surface area contributed by atoms with Gasteiger partial charge in [0, 0.05) is 24.5 Å². The molecule has 0 aromatic heterocycles. The van der Waals surface area contributed by atoms with Crippen LogP contribution in [0, 0.1) is 11.8 Å². The molecule has 4 unspecified atom stereocenters. The molecular weight excluding hydrogens is 224 g/mol. The predicted molar refractivity (Wildman–Crippen MR) is 74.1 cm³/mol. The van der Waals surface area contributed by atoms with Crippen LogP contribution in [0.1, 0.15) is 58.8 Å². The molecule has 1 saturated heterocycles. The maximum atomic E-state index is 12.7. The molecule has 2 fully saturated rings. The Kier molecular flexibility index (Phi) is 4.66. The summed E-state index contributed by atoms with van der Waals surface area (Å²) in [6, 6.07) is 0.738. The van der Waals surface area contributed by atoms with Crippen LogP contribution in [0.2, 0.25) is 0 Å². The lowest BCUT2D eigenvalue weighted by Gasteiger charge is -2.36. The van der Waals surface area contributed by atoms with Crippen molar-refractivity contribution >= 4 is 5.91 Å². The first-order valence-corrected chi connectivity index (χ1v) is 7.65. The van der Waals surface area contributed by atoms with Crippen molar-refractivity contribution in [1.82, 2.24) is 4.90 Å². The Hall–Kier alpha value is -0.570. The molecule has 1 amide bonds. The SMILES string of the molecule is CC1CC(C(=O)N2CCCCCC2C)CCC1N.